The number of hydrogen-bond acceptors (Lipinski definition) is 6. The second-order valence-electron chi connectivity index (χ2n) is 5.71. The number of amides is 1. The van der Waals surface area contributed by atoms with Crippen LogP contribution >= 0.6 is 0 Å². The first-order valence-corrected chi connectivity index (χ1v) is 8.76. The molecule has 146 valence electrons. The highest BCUT2D eigenvalue weighted by Gasteiger charge is 2.03. The Hall–Kier alpha value is -3.48. The van der Waals surface area contributed by atoms with Crippen molar-refractivity contribution in [1.82, 2.24) is 0 Å². The third-order valence-corrected chi connectivity index (χ3v) is 3.44. The summed E-state index contributed by atoms with van der Waals surface area (Å²) in [5, 5.41) is 6.90. The smallest absolute Gasteiger partial charge is 0.452 e. The van der Waals surface area contributed by atoms with Crippen LogP contribution in [0.1, 0.15) is 25.0 Å². The molecular weight excluding hydrogens is 360 g/mol. The molecule has 1 amide bonds. The molecular formula is C21H22N2O5. The molecule has 0 bridgehead atoms. The second-order valence-corrected chi connectivity index (χ2v) is 5.71. The van der Waals surface area contributed by atoms with Crippen molar-refractivity contribution < 1.29 is 23.8 Å². The summed E-state index contributed by atoms with van der Waals surface area (Å²) in [6, 6.07) is 17.2. The van der Waals surface area contributed by atoms with Gasteiger partial charge in [0.25, 0.3) is 0 Å². The number of carbonyl (C=O) groups excluding carboxylic acids is 2. The van der Waals surface area contributed by atoms with E-state index in [4.69, 9.17) is 9.47 Å². The first kappa shape index (κ1) is 20.8. The summed E-state index contributed by atoms with van der Waals surface area (Å²) >= 11 is 0. The fourth-order valence-electron chi connectivity index (χ4n) is 2.09. The average molecular weight is 382 g/mol. The van der Waals surface area contributed by atoms with Gasteiger partial charge in [0.05, 0.1) is 12.3 Å². The van der Waals surface area contributed by atoms with Crippen LogP contribution in [0.3, 0.4) is 0 Å². The van der Waals surface area contributed by atoms with Gasteiger partial charge in [-0.2, -0.15) is 0 Å². The molecule has 2 aromatic rings. The van der Waals surface area contributed by atoms with Crippen LogP contribution in [0.2, 0.25) is 0 Å². The van der Waals surface area contributed by atoms with Crippen LogP contribution in [0.5, 0.6) is 5.75 Å². The van der Waals surface area contributed by atoms with Gasteiger partial charge in [0, 0.05) is 6.08 Å². The second kappa shape index (κ2) is 11.3. The first-order valence-electron chi connectivity index (χ1n) is 8.76. The molecule has 0 spiro atoms. The van der Waals surface area contributed by atoms with E-state index < -0.39 is 12.1 Å². The Balaban J connectivity index is 1.78. The molecule has 0 aliphatic carbocycles. The van der Waals surface area contributed by atoms with Crippen molar-refractivity contribution in [3.05, 3.63) is 77.5 Å². The number of esters is 1. The minimum Gasteiger partial charge on any atom is -0.489 e. The molecule has 0 N–H and O–H groups in total. The lowest BCUT2D eigenvalue weighted by Crippen LogP contribution is -2.02. The standard InChI is InChI=1S/C21H22N2O5/c1-3-26-21(25)23-22-16(2)13-20(24)28-15-18-9-11-19(12-10-18)27-14-17-7-5-4-6-8-17/h4-13H,3,14-15H2,1-2H3/b16-13+,23-22?. The van der Waals surface area contributed by atoms with E-state index in [-0.39, 0.29) is 18.9 Å². The maximum Gasteiger partial charge on any atom is 0.452 e. The zero-order valence-corrected chi connectivity index (χ0v) is 15.8. The Bertz CT molecular complexity index is 830. The van der Waals surface area contributed by atoms with Crippen molar-refractivity contribution in [2.75, 3.05) is 6.61 Å². The molecule has 28 heavy (non-hydrogen) atoms. The molecule has 0 saturated heterocycles. The molecule has 0 aliphatic heterocycles. The molecule has 0 aromatic heterocycles. The number of carbonyl (C=O) groups is 2. The first-order chi connectivity index (χ1) is 13.6. The number of allylic oxidation sites excluding steroid dienone is 1. The van der Waals surface area contributed by atoms with Gasteiger partial charge in [-0.05, 0) is 37.1 Å². The number of benzene rings is 2. The summed E-state index contributed by atoms with van der Waals surface area (Å²) in [5.41, 5.74) is 2.14. The highest BCUT2D eigenvalue weighted by Crippen LogP contribution is 2.15. The molecule has 0 unspecified atom stereocenters. The van der Waals surface area contributed by atoms with Crippen molar-refractivity contribution in [3.63, 3.8) is 0 Å². The molecule has 0 atom stereocenters. The van der Waals surface area contributed by atoms with Crippen LogP contribution in [0, 0.1) is 0 Å². The molecule has 2 rings (SSSR count). The van der Waals surface area contributed by atoms with Gasteiger partial charge < -0.3 is 14.2 Å². The van der Waals surface area contributed by atoms with Crippen molar-refractivity contribution in [1.29, 1.82) is 0 Å². The fourth-order valence-corrected chi connectivity index (χ4v) is 2.09. The molecule has 2 aromatic carbocycles. The quantitative estimate of drug-likeness (QED) is 0.371. The van der Waals surface area contributed by atoms with E-state index in [9.17, 15) is 9.59 Å². The molecule has 0 radical (unpaired) electrons. The molecule has 0 aliphatic rings. The lowest BCUT2D eigenvalue weighted by Gasteiger charge is -2.07. The maximum atomic E-state index is 11.8. The van der Waals surface area contributed by atoms with E-state index in [0.717, 1.165) is 23.0 Å². The summed E-state index contributed by atoms with van der Waals surface area (Å²) in [6.45, 7) is 3.99. The minimum absolute atomic E-state index is 0.108. The van der Waals surface area contributed by atoms with Crippen molar-refractivity contribution in [2.45, 2.75) is 27.1 Å². The Morgan fingerprint density at radius 3 is 2.25 bits per heavy atom. The van der Waals surface area contributed by atoms with Crippen LogP contribution < -0.4 is 4.74 Å². The monoisotopic (exact) mass is 382 g/mol. The maximum absolute atomic E-state index is 11.8. The minimum atomic E-state index is -0.807. The summed E-state index contributed by atoms with van der Waals surface area (Å²) in [7, 11) is 0. The van der Waals surface area contributed by atoms with Gasteiger partial charge >= 0.3 is 12.1 Å². The Morgan fingerprint density at radius 2 is 1.57 bits per heavy atom. The van der Waals surface area contributed by atoms with E-state index in [1.165, 1.54) is 6.92 Å². The summed E-state index contributed by atoms with van der Waals surface area (Å²) in [4.78, 5) is 22.8. The molecule has 7 heteroatoms. The molecule has 0 heterocycles. The largest absolute Gasteiger partial charge is 0.489 e. The average Bonchev–Trinajstić information content (AvgIpc) is 2.71. The fraction of sp³-hybridized carbons (Fsp3) is 0.238. The van der Waals surface area contributed by atoms with Gasteiger partial charge in [0.2, 0.25) is 0 Å². The van der Waals surface area contributed by atoms with Crippen LogP contribution in [0.15, 0.2) is 76.6 Å². The summed E-state index contributed by atoms with van der Waals surface area (Å²) < 4.78 is 15.5. The number of nitrogens with zero attached hydrogens (tertiary/aromatic N) is 2. The highest BCUT2D eigenvalue weighted by molar-refractivity contribution is 5.82. The third-order valence-electron chi connectivity index (χ3n) is 3.44. The van der Waals surface area contributed by atoms with Gasteiger partial charge in [-0.1, -0.05) is 47.6 Å². The molecule has 0 saturated carbocycles. The lowest BCUT2D eigenvalue weighted by atomic mass is 10.2. The van der Waals surface area contributed by atoms with Crippen molar-refractivity contribution in [3.8, 4) is 5.75 Å². The number of rotatable bonds is 8. The zero-order chi connectivity index (χ0) is 20.2. The van der Waals surface area contributed by atoms with E-state index in [1.807, 2.05) is 54.6 Å². The highest BCUT2D eigenvalue weighted by atomic mass is 16.5. The van der Waals surface area contributed by atoms with E-state index in [2.05, 4.69) is 15.0 Å². The van der Waals surface area contributed by atoms with E-state index in [1.54, 1.807) is 6.92 Å². The van der Waals surface area contributed by atoms with Gasteiger partial charge in [0.1, 0.15) is 19.0 Å². The summed E-state index contributed by atoms with van der Waals surface area (Å²) in [6.07, 6.45) is 0.346. The third kappa shape index (κ3) is 7.82. The van der Waals surface area contributed by atoms with Crippen LogP contribution in [0.4, 0.5) is 4.79 Å². The van der Waals surface area contributed by atoms with Crippen LogP contribution in [-0.4, -0.2) is 18.7 Å². The van der Waals surface area contributed by atoms with Gasteiger partial charge in [-0.25, -0.2) is 9.59 Å². The zero-order valence-electron chi connectivity index (χ0n) is 15.8. The van der Waals surface area contributed by atoms with Crippen LogP contribution in [-0.2, 0) is 27.5 Å². The molecule has 7 nitrogen and oxygen atoms in total. The number of ether oxygens (including phenoxy) is 3. The summed E-state index contributed by atoms with van der Waals surface area (Å²) in [5.74, 6) is 0.152. The van der Waals surface area contributed by atoms with Crippen molar-refractivity contribution in [2.24, 2.45) is 10.2 Å². The Labute approximate surface area is 163 Å². The lowest BCUT2D eigenvalue weighted by molar-refractivity contribution is -0.139. The van der Waals surface area contributed by atoms with Gasteiger partial charge in [-0.3, -0.25) is 0 Å². The predicted molar refractivity (Wildman–Crippen MR) is 103 cm³/mol. The Morgan fingerprint density at radius 1 is 0.893 bits per heavy atom. The number of hydrogen-bond donors (Lipinski definition) is 0. The number of azo groups is 1. The van der Waals surface area contributed by atoms with E-state index in [0.29, 0.717) is 6.61 Å². The van der Waals surface area contributed by atoms with Gasteiger partial charge in [-0.15, -0.1) is 5.11 Å². The SMILES string of the molecule is CCOC(=O)N=N/C(C)=C/C(=O)OCc1ccc(OCc2ccccc2)cc1. The Kier molecular flexibility index (Phi) is 8.39. The van der Waals surface area contributed by atoms with Crippen LogP contribution in [0.25, 0.3) is 0 Å². The van der Waals surface area contributed by atoms with Gasteiger partial charge in [0.15, 0.2) is 0 Å². The topological polar surface area (TPSA) is 86.6 Å². The normalized spacial score (nSPS) is 11.3. The van der Waals surface area contributed by atoms with Crippen molar-refractivity contribution >= 4 is 12.1 Å². The predicted octanol–water partition coefficient (Wildman–Crippen LogP) is 4.82. The van der Waals surface area contributed by atoms with E-state index >= 15 is 0 Å². The molecule has 0 fully saturated rings.